The molecule has 2 amide bonds. The number of pyridine rings is 1. The zero-order valence-corrected chi connectivity index (χ0v) is 20.1. The number of amides is 2. The molecule has 1 saturated heterocycles. The fraction of sp³-hybridized carbons (Fsp3) is 0.435. The van der Waals surface area contributed by atoms with Gasteiger partial charge in [-0.15, -0.1) is 0 Å². The predicted molar refractivity (Wildman–Crippen MR) is 129 cm³/mol. The summed E-state index contributed by atoms with van der Waals surface area (Å²) in [5.74, 6) is 0.0174. The molecule has 1 fully saturated rings. The highest BCUT2D eigenvalue weighted by Crippen LogP contribution is 2.29. The van der Waals surface area contributed by atoms with Crippen LogP contribution < -0.4 is 9.21 Å². The average molecular weight is 471 g/mol. The van der Waals surface area contributed by atoms with Crippen LogP contribution in [0, 0.1) is 11.3 Å². The van der Waals surface area contributed by atoms with Gasteiger partial charge in [-0.1, -0.05) is 6.92 Å². The number of hydrogen-bond donors (Lipinski definition) is 0. The third kappa shape index (κ3) is 5.73. The zero-order chi connectivity index (χ0) is 24.0. The standard InChI is InChI=1S/C23H30N6O3S/c1-4-15-33(31,32)29(18-19-7-9-25-10-8-19)21-5-6-22(20(16-21)17-24)27-11-13-28(14-12-27)23(30)26(2)3/h5-10,16H,4,11-15,18H2,1-3H3. The van der Waals surface area contributed by atoms with E-state index in [-0.39, 0.29) is 18.3 Å². The number of nitrogens with zero attached hydrogens (tertiary/aromatic N) is 6. The summed E-state index contributed by atoms with van der Waals surface area (Å²) < 4.78 is 27.5. The van der Waals surface area contributed by atoms with Gasteiger partial charge in [0.25, 0.3) is 0 Å². The molecule has 0 aliphatic carbocycles. The van der Waals surface area contributed by atoms with E-state index in [1.54, 1.807) is 66.6 Å². The minimum Gasteiger partial charge on any atom is -0.367 e. The first-order valence-corrected chi connectivity index (χ1v) is 12.5. The van der Waals surface area contributed by atoms with Gasteiger partial charge < -0.3 is 14.7 Å². The van der Waals surface area contributed by atoms with E-state index < -0.39 is 10.0 Å². The van der Waals surface area contributed by atoms with E-state index >= 15 is 0 Å². The molecule has 1 aliphatic heterocycles. The van der Waals surface area contributed by atoms with Gasteiger partial charge in [0.05, 0.1) is 29.2 Å². The first-order chi connectivity index (χ1) is 15.8. The normalized spacial score (nSPS) is 14.0. The quantitative estimate of drug-likeness (QED) is 0.616. The Labute approximate surface area is 195 Å². The number of carbonyl (C=O) groups is 1. The molecule has 10 heteroatoms. The Morgan fingerprint density at radius 1 is 1.12 bits per heavy atom. The minimum atomic E-state index is -3.57. The molecule has 0 unspecified atom stereocenters. The second-order valence-corrected chi connectivity index (χ2v) is 10.2. The van der Waals surface area contributed by atoms with Gasteiger partial charge in [-0.05, 0) is 42.3 Å². The van der Waals surface area contributed by atoms with Crippen molar-refractivity contribution in [1.29, 1.82) is 5.26 Å². The van der Waals surface area contributed by atoms with Crippen LogP contribution in [0.2, 0.25) is 0 Å². The van der Waals surface area contributed by atoms with Crippen molar-refractivity contribution in [1.82, 2.24) is 14.8 Å². The molecule has 0 atom stereocenters. The van der Waals surface area contributed by atoms with Crippen LogP contribution in [-0.2, 0) is 16.6 Å². The molecule has 0 spiro atoms. The van der Waals surface area contributed by atoms with Gasteiger partial charge in [0, 0.05) is 52.7 Å². The predicted octanol–water partition coefficient (Wildman–Crippen LogP) is 2.50. The minimum absolute atomic E-state index is 0.0174. The number of sulfonamides is 1. The highest BCUT2D eigenvalue weighted by Gasteiger charge is 2.26. The number of hydrogen-bond acceptors (Lipinski definition) is 6. The maximum absolute atomic E-state index is 13.1. The fourth-order valence-electron chi connectivity index (χ4n) is 3.84. The number of benzene rings is 1. The number of aromatic nitrogens is 1. The summed E-state index contributed by atoms with van der Waals surface area (Å²) in [7, 11) is -0.115. The smallest absolute Gasteiger partial charge is 0.319 e. The molecule has 3 rings (SSSR count). The lowest BCUT2D eigenvalue weighted by molar-refractivity contribution is 0.168. The SMILES string of the molecule is CCCS(=O)(=O)N(Cc1ccncc1)c1ccc(N2CCN(C(=O)N(C)C)CC2)c(C#N)c1. The zero-order valence-electron chi connectivity index (χ0n) is 19.3. The number of nitriles is 1. The fourth-order valence-corrected chi connectivity index (χ4v) is 5.36. The molecule has 0 radical (unpaired) electrons. The van der Waals surface area contributed by atoms with Gasteiger partial charge in [-0.25, -0.2) is 13.2 Å². The summed E-state index contributed by atoms with van der Waals surface area (Å²) in [5, 5.41) is 9.84. The number of anilines is 2. The molecule has 2 aromatic rings. The van der Waals surface area contributed by atoms with Gasteiger partial charge in [-0.2, -0.15) is 5.26 Å². The van der Waals surface area contributed by atoms with Gasteiger partial charge in [0.2, 0.25) is 10.0 Å². The molecule has 176 valence electrons. The van der Waals surface area contributed by atoms with Crippen LogP contribution in [0.4, 0.5) is 16.2 Å². The Morgan fingerprint density at radius 2 is 1.79 bits per heavy atom. The molecule has 33 heavy (non-hydrogen) atoms. The Kier molecular flexibility index (Phi) is 7.76. The highest BCUT2D eigenvalue weighted by atomic mass is 32.2. The van der Waals surface area contributed by atoms with Gasteiger partial charge in [0.1, 0.15) is 6.07 Å². The number of rotatable bonds is 7. The third-order valence-corrected chi connectivity index (χ3v) is 7.47. The summed E-state index contributed by atoms with van der Waals surface area (Å²) >= 11 is 0. The van der Waals surface area contributed by atoms with Crippen LogP contribution in [0.5, 0.6) is 0 Å². The molecule has 0 N–H and O–H groups in total. The van der Waals surface area contributed by atoms with E-state index in [2.05, 4.69) is 16.0 Å². The maximum Gasteiger partial charge on any atom is 0.319 e. The van der Waals surface area contributed by atoms with Crippen molar-refractivity contribution in [3.63, 3.8) is 0 Å². The molecular formula is C23H30N6O3S. The van der Waals surface area contributed by atoms with Crippen molar-refractivity contribution in [2.24, 2.45) is 0 Å². The van der Waals surface area contributed by atoms with Gasteiger partial charge in [0.15, 0.2) is 0 Å². The van der Waals surface area contributed by atoms with Crippen molar-refractivity contribution < 1.29 is 13.2 Å². The van der Waals surface area contributed by atoms with Crippen molar-refractivity contribution in [2.75, 3.05) is 55.2 Å². The van der Waals surface area contributed by atoms with Crippen LogP contribution in [0.15, 0.2) is 42.7 Å². The molecular weight excluding hydrogens is 440 g/mol. The molecule has 9 nitrogen and oxygen atoms in total. The van der Waals surface area contributed by atoms with E-state index in [1.807, 2.05) is 6.92 Å². The summed E-state index contributed by atoms with van der Waals surface area (Å²) in [6, 6.07) is 11.0. The summed E-state index contributed by atoms with van der Waals surface area (Å²) in [6.07, 6.45) is 3.75. The molecule has 1 aromatic heterocycles. The van der Waals surface area contributed by atoms with Gasteiger partial charge >= 0.3 is 6.03 Å². The Morgan fingerprint density at radius 3 is 2.36 bits per heavy atom. The lowest BCUT2D eigenvalue weighted by atomic mass is 10.1. The van der Waals surface area contributed by atoms with Crippen LogP contribution in [0.25, 0.3) is 0 Å². The summed E-state index contributed by atoms with van der Waals surface area (Å²) in [5.41, 5.74) is 2.43. The maximum atomic E-state index is 13.1. The van der Waals surface area contributed by atoms with E-state index in [9.17, 15) is 18.5 Å². The van der Waals surface area contributed by atoms with Crippen LogP contribution in [0.1, 0.15) is 24.5 Å². The molecule has 0 bridgehead atoms. The first-order valence-electron chi connectivity index (χ1n) is 10.9. The Bertz CT molecular complexity index is 1110. The first kappa shape index (κ1) is 24.3. The van der Waals surface area contributed by atoms with Crippen molar-refractivity contribution in [3.8, 4) is 6.07 Å². The van der Waals surface area contributed by atoms with Gasteiger partial charge in [-0.3, -0.25) is 9.29 Å². The summed E-state index contributed by atoms with van der Waals surface area (Å²) in [6.45, 7) is 4.31. The molecule has 1 aliphatic rings. The Hall–Kier alpha value is -3.32. The topological polar surface area (TPSA) is 101 Å². The number of piperazine rings is 1. The number of carbonyl (C=O) groups excluding carboxylic acids is 1. The average Bonchev–Trinajstić information content (AvgIpc) is 2.82. The van der Waals surface area contributed by atoms with E-state index in [1.165, 1.54) is 4.31 Å². The second kappa shape index (κ2) is 10.5. The third-order valence-electron chi connectivity index (χ3n) is 5.54. The van der Waals surface area contributed by atoms with E-state index in [4.69, 9.17) is 0 Å². The lowest BCUT2D eigenvalue weighted by Gasteiger charge is -2.37. The van der Waals surface area contributed by atoms with E-state index in [0.717, 1.165) is 11.3 Å². The summed E-state index contributed by atoms with van der Waals surface area (Å²) in [4.78, 5) is 21.6. The van der Waals surface area contributed by atoms with Crippen LogP contribution >= 0.6 is 0 Å². The number of urea groups is 1. The lowest BCUT2D eigenvalue weighted by Crippen LogP contribution is -2.51. The molecule has 1 aromatic carbocycles. The van der Waals surface area contributed by atoms with Crippen molar-refractivity contribution in [2.45, 2.75) is 19.9 Å². The molecule has 2 heterocycles. The van der Waals surface area contributed by atoms with Crippen molar-refractivity contribution >= 4 is 27.4 Å². The molecule has 0 saturated carbocycles. The van der Waals surface area contributed by atoms with Crippen molar-refractivity contribution in [3.05, 3.63) is 53.9 Å². The van der Waals surface area contributed by atoms with Crippen LogP contribution in [-0.4, -0.2) is 75.3 Å². The second-order valence-electron chi connectivity index (χ2n) is 8.14. The Balaban J connectivity index is 1.87. The largest absolute Gasteiger partial charge is 0.367 e. The van der Waals surface area contributed by atoms with E-state index in [0.29, 0.717) is 43.9 Å². The monoisotopic (exact) mass is 470 g/mol. The highest BCUT2D eigenvalue weighted by molar-refractivity contribution is 7.92. The van der Waals surface area contributed by atoms with Crippen LogP contribution in [0.3, 0.4) is 0 Å².